The van der Waals surface area contributed by atoms with Gasteiger partial charge in [-0.25, -0.2) is 9.97 Å². The van der Waals surface area contributed by atoms with Crippen LogP contribution in [-0.2, 0) is 6.42 Å². The Labute approximate surface area is 112 Å². The first-order valence-corrected chi connectivity index (χ1v) is 6.56. The minimum Gasteiger partial charge on any atom is -0.270 e. The minimum atomic E-state index is 0.327. The van der Waals surface area contributed by atoms with Crippen LogP contribution in [0.5, 0.6) is 0 Å². The SMILES string of the molecule is CCCc1cc(Cl)nc(-c2cnn(C(C)C)c2)n1. The van der Waals surface area contributed by atoms with Crippen molar-refractivity contribution in [2.24, 2.45) is 0 Å². The third-order valence-corrected chi connectivity index (χ3v) is 2.84. The highest BCUT2D eigenvalue weighted by molar-refractivity contribution is 6.29. The molecule has 0 aliphatic carbocycles. The van der Waals surface area contributed by atoms with Gasteiger partial charge in [-0.15, -0.1) is 0 Å². The first-order chi connectivity index (χ1) is 8.60. The third-order valence-electron chi connectivity index (χ3n) is 2.64. The lowest BCUT2D eigenvalue weighted by Gasteiger charge is -2.04. The number of hydrogen-bond donors (Lipinski definition) is 0. The van der Waals surface area contributed by atoms with E-state index in [1.165, 1.54) is 0 Å². The molecule has 4 nitrogen and oxygen atoms in total. The molecule has 0 saturated heterocycles. The summed E-state index contributed by atoms with van der Waals surface area (Å²) < 4.78 is 1.89. The molecule has 0 fully saturated rings. The van der Waals surface area contributed by atoms with Gasteiger partial charge in [0.15, 0.2) is 5.82 Å². The maximum absolute atomic E-state index is 6.03. The lowest BCUT2D eigenvalue weighted by molar-refractivity contribution is 0.532. The molecule has 2 aromatic heterocycles. The van der Waals surface area contributed by atoms with Gasteiger partial charge in [-0.2, -0.15) is 5.10 Å². The second-order valence-corrected chi connectivity index (χ2v) is 4.95. The summed E-state index contributed by atoms with van der Waals surface area (Å²) in [6.45, 7) is 6.28. The predicted octanol–water partition coefficient (Wildman–Crippen LogP) is 3.53. The van der Waals surface area contributed by atoms with Crippen molar-refractivity contribution in [3.05, 3.63) is 29.3 Å². The summed E-state index contributed by atoms with van der Waals surface area (Å²) >= 11 is 6.03. The van der Waals surface area contributed by atoms with E-state index in [0.717, 1.165) is 24.1 Å². The van der Waals surface area contributed by atoms with Gasteiger partial charge < -0.3 is 0 Å². The maximum atomic E-state index is 6.03. The Morgan fingerprint density at radius 2 is 2.11 bits per heavy atom. The topological polar surface area (TPSA) is 43.6 Å². The zero-order chi connectivity index (χ0) is 13.1. The van der Waals surface area contributed by atoms with Crippen LogP contribution in [0.1, 0.15) is 38.9 Å². The average Bonchev–Trinajstić information content (AvgIpc) is 2.78. The number of hydrogen-bond acceptors (Lipinski definition) is 3. The van der Waals surface area contributed by atoms with Crippen LogP contribution in [0.25, 0.3) is 11.4 Å². The van der Waals surface area contributed by atoms with E-state index in [2.05, 4.69) is 35.8 Å². The molecule has 2 heterocycles. The van der Waals surface area contributed by atoms with Crippen LogP contribution in [0.4, 0.5) is 0 Å². The zero-order valence-electron chi connectivity index (χ0n) is 10.9. The molecule has 0 N–H and O–H groups in total. The van der Waals surface area contributed by atoms with E-state index >= 15 is 0 Å². The Morgan fingerprint density at radius 3 is 2.72 bits per heavy atom. The van der Waals surface area contributed by atoms with Gasteiger partial charge in [0, 0.05) is 17.9 Å². The standard InChI is InChI=1S/C13H17ClN4/c1-4-5-11-6-12(14)17-13(16-11)10-7-15-18(8-10)9(2)3/h6-9H,4-5H2,1-3H3. The third kappa shape index (κ3) is 2.88. The molecule has 0 unspecified atom stereocenters. The van der Waals surface area contributed by atoms with Gasteiger partial charge in [-0.1, -0.05) is 24.9 Å². The monoisotopic (exact) mass is 264 g/mol. The van der Waals surface area contributed by atoms with E-state index in [-0.39, 0.29) is 0 Å². The largest absolute Gasteiger partial charge is 0.270 e. The second-order valence-electron chi connectivity index (χ2n) is 4.56. The summed E-state index contributed by atoms with van der Waals surface area (Å²) in [7, 11) is 0. The molecule has 96 valence electrons. The minimum absolute atomic E-state index is 0.327. The molecule has 0 atom stereocenters. The van der Waals surface area contributed by atoms with Gasteiger partial charge in [0.05, 0.1) is 11.8 Å². The summed E-state index contributed by atoms with van der Waals surface area (Å²) in [5.74, 6) is 0.651. The fourth-order valence-corrected chi connectivity index (χ4v) is 1.92. The fourth-order valence-electron chi connectivity index (χ4n) is 1.71. The molecule has 0 saturated carbocycles. The molecule has 0 aliphatic rings. The van der Waals surface area contributed by atoms with E-state index in [9.17, 15) is 0 Å². The molecule has 5 heteroatoms. The molecule has 0 spiro atoms. The van der Waals surface area contributed by atoms with Crippen molar-refractivity contribution >= 4 is 11.6 Å². The van der Waals surface area contributed by atoms with Gasteiger partial charge in [-0.05, 0) is 26.3 Å². The summed E-state index contributed by atoms with van der Waals surface area (Å²) in [5.41, 5.74) is 1.88. The van der Waals surface area contributed by atoms with Crippen molar-refractivity contribution in [2.75, 3.05) is 0 Å². The van der Waals surface area contributed by atoms with E-state index in [0.29, 0.717) is 17.0 Å². The van der Waals surface area contributed by atoms with Gasteiger partial charge in [0.1, 0.15) is 5.15 Å². The lowest BCUT2D eigenvalue weighted by atomic mass is 10.2. The van der Waals surface area contributed by atoms with E-state index in [1.54, 1.807) is 6.20 Å². The van der Waals surface area contributed by atoms with Crippen LogP contribution in [0.15, 0.2) is 18.5 Å². The molecule has 0 aromatic carbocycles. The molecule has 2 aromatic rings. The smallest absolute Gasteiger partial charge is 0.164 e. The first-order valence-electron chi connectivity index (χ1n) is 6.18. The predicted molar refractivity (Wildman–Crippen MR) is 72.6 cm³/mol. The van der Waals surface area contributed by atoms with Crippen LogP contribution in [-0.4, -0.2) is 19.7 Å². The van der Waals surface area contributed by atoms with Gasteiger partial charge in [0.2, 0.25) is 0 Å². The van der Waals surface area contributed by atoms with Crippen LogP contribution >= 0.6 is 11.6 Å². The van der Waals surface area contributed by atoms with Crippen molar-refractivity contribution in [2.45, 2.75) is 39.7 Å². The first kappa shape index (κ1) is 13.0. The second kappa shape index (κ2) is 5.48. The van der Waals surface area contributed by atoms with Crippen LogP contribution in [0, 0.1) is 0 Å². The summed E-state index contributed by atoms with van der Waals surface area (Å²) in [6, 6.07) is 2.15. The van der Waals surface area contributed by atoms with E-state index in [4.69, 9.17) is 11.6 Å². The van der Waals surface area contributed by atoms with Crippen molar-refractivity contribution in [3.63, 3.8) is 0 Å². The molecule has 0 amide bonds. The number of rotatable bonds is 4. The highest BCUT2D eigenvalue weighted by Gasteiger charge is 2.09. The normalized spacial score (nSPS) is 11.2. The Kier molecular flexibility index (Phi) is 3.97. The zero-order valence-corrected chi connectivity index (χ0v) is 11.6. The highest BCUT2D eigenvalue weighted by atomic mass is 35.5. The quantitative estimate of drug-likeness (QED) is 0.794. The molecule has 18 heavy (non-hydrogen) atoms. The molecule has 0 radical (unpaired) electrons. The number of nitrogens with zero attached hydrogens (tertiary/aromatic N) is 4. The number of aromatic nitrogens is 4. The van der Waals surface area contributed by atoms with Crippen LogP contribution < -0.4 is 0 Å². The molecule has 2 rings (SSSR count). The molecule has 0 bridgehead atoms. The van der Waals surface area contributed by atoms with Crippen molar-refractivity contribution < 1.29 is 0 Å². The highest BCUT2D eigenvalue weighted by Crippen LogP contribution is 2.19. The number of halogens is 1. The molecular formula is C13H17ClN4. The Balaban J connectivity index is 2.36. The molecular weight excluding hydrogens is 248 g/mol. The Morgan fingerprint density at radius 1 is 1.33 bits per heavy atom. The van der Waals surface area contributed by atoms with Crippen molar-refractivity contribution in [3.8, 4) is 11.4 Å². The summed E-state index contributed by atoms with van der Waals surface area (Å²) in [5, 5.41) is 4.78. The fraction of sp³-hybridized carbons (Fsp3) is 0.462. The summed E-state index contributed by atoms with van der Waals surface area (Å²) in [4.78, 5) is 8.78. The van der Waals surface area contributed by atoms with Crippen LogP contribution in [0.3, 0.4) is 0 Å². The Bertz CT molecular complexity index is 534. The lowest BCUT2D eigenvalue weighted by Crippen LogP contribution is -2.00. The van der Waals surface area contributed by atoms with Crippen molar-refractivity contribution in [1.29, 1.82) is 0 Å². The van der Waals surface area contributed by atoms with E-state index < -0.39 is 0 Å². The van der Waals surface area contributed by atoms with Crippen molar-refractivity contribution in [1.82, 2.24) is 19.7 Å². The average molecular weight is 265 g/mol. The van der Waals surface area contributed by atoms with Crippen LogP contribution in [0.2, 0.25) is 5.15 Å². The van der Waals surface area contributed by atoms with Gasteiger partial charge >= 0.3 is 0 Å². The maximum Gasteiger partial charge on any atom is 0.164 e. The van der Waals surface area contributed by atoms with E-state index in [1.807, 2.05) is 16.9 Å². The number of aryl methyl sites for hydroxylation is 1. The van der Waals surface area contributed by atoms with Gasteiger partial charge in [0.25, 0.3) is 0 Å². The molecule has 0 aliphatic heterocycles. The Hall–Kier alpha value is -1.42. The van der Waals surface area contributed by atoms with Gasteiger partial charge in [-0.3, -0.25) is 4.68 Å². The summed E-state index contributed by atoms with van der Waals surface area (Å²) in [6.07, 6.45) is 5.68.